The predicted molar refractivity (Wildman–Crippen MR) is 94.0 cm³/mol. The molecular weight excluding hydrogens is 334 g/mol. The van der Waals surface area contributed by atoms with Crippen LogP contribution in [-0.4, -0.2) is 17.7 Å². The Morgan fingerprint density at radius 3 is 2.81 bits per heavy atom. The number of pyridine rings is 1. The minimum atomic E-state index is -0.198. The minimum Gasteiger partial charge on any atom is -0.467 e. The second-order valence-corrected chi connectivity index (χ2v) is 5.74. The number of ether oxygens (including phenoxy) is 2. The molecule has 2 aromatic heterocycles. The summed E-state index contributed by atoms with van der Waals surface area (Å²) in [7, 11) is 0. The van der Waals surface area contributed by atoms with E-state index in [1.807, 2.05) is 24.3 Å². The fraction of sp³-hybridized carbons (Fsp3) is 0.158. The Kier molecular flexibility index (Phi) is 4.42. The average molecular weight is 351 g/mol. The molecule has 1 aliphatic heterocycles. The van der Waals surface area contributed by atoms with Crippen molar-refractivity contribution in [2.45, 2.75) is 13.1 Å². The van der Waals surface area contributed by atoms with Crippen LogP contribution in [-0.2, 0) is 13.1 Å². The Morgan fingerprint density at radius 1 is 1.08 bits per heavy atom. The molecule has 26 heavy (non-hydrogen) atoms. The summed E-state index contributed by atoms with van der Waals surface area (Å²) in [4.78, 5) is 16.4. The summed E-state index contributed by atoms with van der Waals surface area (Å²) in [6.45, 7) is 1.20. The molecule has 132 valence electrons. The first-order chi connectivity index (χ1) is 12.8. The van der Waals surface area contributed by atoms with Gasteiger partial charge in [0.15, 0.2) is 11.5 Å². The largest absolute Gasteiger partial charge is 0.467 e. The first kappa shape index (κ1) is 16.0. The lowest BCUT2D eigenvalue weighted by Gasteiger charge is -2.08. The van der Waals surface area contributed by atoms with Crippen LogP contribution in [0.15, 0.2) is 59.3 Å². The zero-order valence-electron chi connectivity index (χ0n) is 13.9. The van der Waals surface area contributed by atoms with E-state index in [0.29, 0.717) is 30.2 Å². The van der Waals surface area contributed by atoms with Gasteiger partial charge < -0.3 is 24.5 Å². The van der Waals surface area contributed by atoms with Gasteiger partial charge in [-0.15, -0.1) is 0 Å². The van der Waals surface area contributed by atoms with Gasteiger partial charge in [-0.2, -0.15) is 0 Å². The number of nitrogens with one attached hydrogen (secondary N) is 2. The standard InChI is InChI=1S/C19H17N3O4/c23-19(22-11-15-2-1-7-24-15)14-4-6-18(21-10-14)20-9-13-3-5-16-17(8-13)26-12-25-16/h1-8,10H,9,11-12H2,(H,20,21)(H,22,23). The molecule has 0 spiro atoms. The SMILES string of the molecule is O=C(NCc1ccco1)c1ccc(NCc2ccc3c(c2)OCO3)nc1. The van der Waals surface area contributed by atoms with Gasteiger partial charge in [-0.3, -0.25) is 4.79 Å². The summed E-state index contributed by atoms with van der Waals surface area (Å²) < 4.78 is 15.8. The fourth-order valence-corrected chi connectivity index (χ4v) is 2.56. The normalized spacial score (nSPS) is 12.0. The molecule has 0 bridgehead atoms. The topological polar surface area (TPSA) is 85.6 Å². The number of hydrogen-bond donors (Lipinski definition) is 2. The van der Waals surface area contributed by atoms with E-state index in [4.69, 9.17) is 13.9 Å². The molecular formula is C19H17N3O4. The van der Waals surface area contributed by atoms with E-state index in [2.05, 4.69) is 15.6 Å². The zero-order valence-corrected chi connectivity index (χ0v) is 13.9. The van der Waals surface area contributed by atoms with Crippen molar-refractivity contribution in [2.24, 2.45) is 0 Å². The highest BCUT2D eigenvalue weighted by Gasteiger charge is 2.13. The molecule has 2 N–H and O–H groups in total. The molecule has 0 fully saturated rings. The van der Waals surface area contributed by atoms with Gasteiger partial charge in [0.1, 0.15) is 11.6 Å². The van der Waals surface area contributed by atoms with Crippen LogP contribution in [0.1, 0.15) is 21.7 Å². The van der Waals surface area contributed by atoms with Crippen LogP contribution in [0.3, 0.4) is 0 Å². The summed E-state index contributed by atoms with van der Waals surface area (Å²) >= 11 is 0. The second-order valence-electron chi connectivity index (χ2n) is 5.74. The summed E-state index contributed by atoms with van der Waals surface area (Å²) in [5.41, 5.74) is 1.54. The number of nitrogens with zero attached hydrogens (tertiary/aromatic N) is 1. The minimum absolute atomic E-state index is 0.198. The number of anilines is 1. The number of aromatic nitrogens is 1. The Balaban J connectivity index is 1.31. The van der Waals surface area contributed by atoms with E-state index in [0.717, 1.165) is 17.1 Å². The summed E-state index contributed by atoms with van der Waals surface area (Å²) in [5, 5.41) is 6.00. The number of benzene rings is 1. The van der Waals surface area contributed by atoms with Crippen molar-refractivity contribution in [3.8, 4) is 11.5 Å². The molecule has 0 aliphatic carbocycles. The van der Waals surface area contributed by atoms with Crippen LogP contribution in [0, 0.1) is 0 Å². The molecule has 7 nitrogen and oxygen atoms in total. The Bertz CT molecular complexity index is 892. The van der Waals surface area contributed by atoms with Gasteiger partial charge in [-0.25, -0.2) is 4.98 Å². The summed E-state index contributed by atoms with van der Waals surface area (Å²) in [6, 6.07) is 12.9. The highest BCUT2D eigenvalue weighted by Crippen LogP contribution is 2.32. The highest BCUT2D eigenvalue weighted by atomic mass is 16.7. The number of rotatable bonds is 6. The first-order valence-electron chi connectivity index (χ1n) is 8.17. The van der Waals surface area contributed by atoms with Crippen molar-refractivity contribution in [3.05, 3.63) is 71.8 Å². The number of carbonyl (C=O) groups is 1. The van der Waals surface area contributed by atoms with Crippen molar-refractivity contribution in [1.29, 1.82) is 0 Å². The van der Waals surface area contributed by atoms with Gasteiger partial charge in [-0.1, -0.05) is 6.07 Å². The third-order valence-corrected chi connectivity index (χ3v) is 3.94. The Hall–Kier alpha value is -3.48. The maximum absolute atomic E-state index is 12.1. The Labute approximate surface area is 150 Å². The number of fused-ring (bicyclic) bond motifs is 1. The van der Waals surface area contributed by atoms with Crippen molar-refractivity contribution in [2.75, 3.05) is 12.1 Å². The van der Waals surface area contributed by atoms with Gasteiger partial charge in [0.05, 0.1) is 18.4 Å². The molecule has 3 aromatic rings. The molecule has 0 radical (unpaired) electrons. The smallest absolute Gasteiger partial charge is 0.253 e. The molecule has 0 saturated heterocycles. The lowest BCUT2D eigenvalue weighted by molar-refractivity contribution is 0.0947. The van der Waals surface area contributed by atoms with E-state index in [1.54, 1.807) is 30.7 Å². The molecule has 3 heterocycles. The number of furan rings is 1. The van der Waals surface area contributed by atoms with Gasteiger partial charge in [-0.05, 0) is 42.0 Å². The van der Waals surface area contributed by atoms with Crippen molar-refractivity contribution < 1.29 is 18.7 Å². The zero-order chi connectivity index (χ0) is 17.8. The van der Waals surface area contributed by atoms with E-state index in [-0.39, 0.29) is 12.7 Å². The monoisotopic (exact) mass is 351 g/mol. The van der Waals surface area contributed by atoms with E-state index >= 15 is 0 Å². The van der Waals surface area contributed by atoms with Crippen LogP contribution in [0.25, 0.3) is 0 Å². The molecule has 0 atom stereocenters. The van der Waals surface area contributed by atoms with E-state index < -0.39 is 0 Å². The molecule has 7 heteroatoms. The molecule has 1 amide bonds. The van der Waals surface area contributed by atoms with Gasteiger partial charge >= 0.3 is 0 Å². The summed E-state index contributed by atoms with van der Waals surface area (Å²) in [5.74, 6) is 2.70. The van der Waals surface area contributed by atoms with Crippen LogP contribution in [0.5, 0.6) is 11.5 Å². The Morgan fingerprint density at radius 2 is 2.00 bits per heavy atom. The quantitative estimate of drug-likeness (QED) is 0.710. The summed E-state index contributed by atoms with van der Waals surface area (Å²) in [6.07, 6.45) is 3.11. The van der Waals surface area contributed by atoms with Crippen LogP contribution in [0.2, 0.25) is 0 Å². The van der Waals surface area contributed by atoms with E-state index in [9.17, 15) is 4.79 Å². The number of carbonyl (C=O) groups excluding carboxylic acids is 1. The third kappa shape index (κ3) is 3.61. The third-order valence-electron chi connectivity index (χ3n) is 3.94. The van der Waals surface area contributed by atoms with Crippen molar-refractivity contribution in [3.63, 3.8) is 0 Å². The van der Waals surface area contributed by atoms with Gasteiger partial charge in [0, 0.05) is 12.7 Å². The average Bonchev–Trinajstić information content (AvgIpc) is 3.36. The molecule has 1 aliphatic rings. The molecule has 0 saturated carbocycles. The lowest BCUT2D eigenvalue weighted by atomic mass is 10.2. The van der Waals surface area contributed by atoms with Crippen molar-refractivity contribution in [1.82, 2.24) is 10.3 Å². The maximum atomic E-state index is 12.1. The predicted octanol–water partition coefficient (Wildman–Crippen LogP) is 2.95. The number of hydrogen-bond acceptors (Lipinski definition) is 6. The van der Waals surface area contributed by atoms with Crippen LogP contribution < -0.4 is 20.1 Å². The first-order valence-corrected chi connectivity index (χ1v) is 8.17. The van der Waals surface area contributed by atoms with Crippen LogP contribution >= 0.6 is 0 Å². The second kappa shape index (κ2) is 7.18. The van der Waals surface area contributed by atoms with Crippen LogP contribution in [0.4, 0.5) is 5.82 Å². The highest BCUT2D eigenvalue weighted by molar-refractivity contribution is 5.93. The van der Waals surface area contributed by atoms with E-state index in [1.165, 1.54) is 0 Å². The fourth-order valence-electron chi connectivity index (χ4n) is 2.56. The molecule has 4 rings (SSSR count). The number of amides is 1. The molecule has 1 aromatic carbocycles. The lowest BCUT2D eigenvalue weighted by Crippen LogP contribution is -2.22. The van der Waals surface area contributed by atoms with Crippen molar-refractivity contribution >= 4 is 11.7 Å². The van der Waals surface area contributed by atoms with Gasteiger partial charge in [0.25, 0.3) is 5.91 Å². The van der Waals surface area contributed by atoms with Gasteiger partial charge in [0.2, 0.25) is 6.79 Å². The molecule has 0 unspecified atom stereocenters. The maximum Gasteiger partial charge on any atom is 0.253 e.